The van der Waals surface area contributed by atoms with Crippen LogP contribution in [0.4, 0.5) is 11.5 Å². The van der Waals surface area contributed by atoms with Crippen LogP contribution in [0.3, 0.4) is 0 Å². The molecule has 0 unspecified atom stereocenters. The number of sulfonamides is 1. The molecule has 0 atom stereocenters. The smallest absolute Gasteiger partial charge is 0.232 e. The van der Waals surface area contributed by atoms with Gasteiger partial charge in [-0.1, -0.05) is 23.7 Å². The number of halogens is 1. The number of hydrogen-bond acceptors (Lipinski definition) is 4. The molecule has 5 nitrogen and oxygen atoms in total. The summed E-state index contributed by atoms with van der Waals surface area (Å²) in [7, 11) is -3.27. The molecule has 2 N–H and O–H groups in total. The monoisotopic (exact) mass is 339 g/mol. The van der Waals surface area contributed by atoms with Crippen LogP contribution in [0.1, 0.15) is 12.5 Å². The van der Waals surface area contributed by atoms with Gasteiger partial charge in [0.2, 0.25) is 10.0 Å². The van der Waals surface area contributed by atoms with Gasteiger partial charge in [0.25, 0.3) is 0 Å². The Bertz CT molecular complexity index is 718. The zero-order valence-corrected chi connectivity index (χ0v) is 13.8. The van der Waals surface area contributed by atoms with Gasteiger partial charge >= 0.3 is 0 Å². The Hall–Kier alpha value is -1.79. The lowest BCUT2D eigenvalue weighted by atomic mass is 10.1. The Balaban J connectivity index is 1.86. The van der Waals surface area contributed by atoms with Gasteiger partial charge in [-0.25, -0.2) is 13.4 Å². The molecule has 0 amide bonds. The third-order valence-electron chi connectivity index (χ3n) is 3.03. The molecule has 1 aromatic carbocycles. The number of anilines is 2. The molecule has 0 saturated carbocycles. The van der Waals surface area contributed by atoms with Crippen molar-refractivity contribution in [2.75, 3.05) is 22.3 Å². The van der Waals surface area contributed by atoms with Crippen LogP contribution in [0.5, 0.6) is 0 Å². The molecule has 22 heavy (non-hydrogen) atoms. The van der Waals surface area contributed by atoms with Crippen molar-refractivity contribution in [2.24, 2.45) is 0 Å². The molecule has 0 aliphatic carbocycles. The van der Waals surface area contributed by atoms with Gasteiger partial charge in [-0.3, -0.25) is 4.72 Å². The number of hydrogen-bond donors (Lipinski definition) is 2. The van der Waals surface area contributed by atoms with Crippen LogP contribution in [-0.4, -0.2) is 25.7 Å². The Morgan fingerprint density at radius 3 is 2.68 bits per heavy atom. The molecular formula is C15H18ClN3O2S. The highest BCUT2D eigenvalue weighted by Crippen LogP contribution is 2.13. The van der Waals surface area contributed by atoms with Gasteiger partial charge in [-0.15, -0.1) is 0 Å². The van der Waals surface area contributed by atoms with Crippen molar-refractivity contribution in [3.8, 4) is 0 Å². The standard InChI is InChI=1S/C15H18ClN3O2S/c1-2-22(20,21)19-14-6-7-15(18-11-14)17-9-8-12-4-3-5-13(16)10-12/h3-7,10-11,19H,2,8-9H2,1H3,(H,17,18). The molecule has 0 spiro atoms. The van der Waals surface area contributed by atoms with Crippen molar-refractivity contribution in [3.05, 3.63) is 53.2 Å². The van der Waals surface area contributed by atoms with Gasteiger partial charge in [0.05, 0.1) is 17.6 Å². The first kappa shape index (κ1) is 16.6. The van der Waals surface area contributed by atoms with E-state index in [-0.39, 0.29) is 5.75 Å². The Labute approximate surface area is 135 Å². The molecule has 118 valence electrons. The lowest BCUT2D eigenvalue weighted by Crippen LogP contribution is -2.14. The van der Waals surface area contributed by atoms with Gasteiger partial charge < -0.3 is 5.32 Å². The largest absolute Gasteiger partial charge is 0.370 e. The number of pyridine rings is 1. The van der Waals surface area contributed by atoms with E-state index in [9.17, 15) is 8.42 Å². The van der Waals surface area contributed by atoms with Gasteiger partial charge in [-0.05, 0) is 43.2 Å². The zero-order chi connectivity index (χ0) is 16.0. The predicted molar refractivity (Wildman–Crippen MR) is 91.0 cm³/mol. The first-order valence-corrected chi connectivity index (χ1v) is 8.96. The minimum Gasteiger partial charge on any atom is -0.370 e. The molecule has 0 fully saturated rings. The van der Waals surface area contributed by atoms with E-state index in [2.05, 4.69) is 15.0 Å². The van der Waals surface area contributed by atoms with E-state index in [0.717, 1.165) is 17.0 Å². The van der Waals surface area contributed by atoms with Crippen LogP contribution in [-0.2, 0) is 16.4 Å². The van der Waals surface area contributed by atoms with E-state index >= 15 is 0 Å². The van der Waals surface area contributed by atoms with Crippen LogP contribution in [0, 0.1) is 0 Å². The highest BCUT2D eigenvalue weighted by Gasteiger charge is 2.06. The number of nitrogens with one attached hydrogen (secondary N) is 2. The lowest BCUT2D eigenvalue weighted by molar-refractivity contribution is 0.602. The molecule has 0 saturated heterocycles. The van der Waals surface area contributed by atoms with Gasteiger partial charge in [0.15, 0.2) is 0 Å². The van der Waals surface area contributed by atoms with E-state index in [1.807, 2.05) is 24.3 Å². The summed E-state index contributed by atoms with van der Waals surface area (Å²) in [5.74, 6) is 0.730. The quantitative estimate of drug-likeness (QED) is 0.813. The van der Waals surface area contributed by atoms with Crippen molar-refractivity contribution in [3.63, 3.8) is 0 Å². The van der Waals surface area contributed by atoms with Crippen molar-refractivity contribution >= 4 is 33.1 Å². The summed E-state index contributed by atoms with van der Waals surface area (Å²) < 4.78 is 25.3. The zero-order valence-electron chi connectivity index (χ0n) is 12.2. The SMILES string of the molecule is CCS(=O)(=O)Nc1ccc(NCCc2cccc(Cl)c2)nc1. The first-order chi connectivity index (χ1) is 10.5. The third kappa shape index (κ3) is 5.20. The van der Waals surface area contributed by atoms with Crippen LogP contribution >= 0.6 is 11.6 Å². The number of rotatable bonds is 7. The van der Waals surface area contributed by atoms with Crippen LogP contribution in [0.15, 0.2) is 42.6 Å². The highest BCUT2D eigenvalue weighted by molar-refractivity contribution is 7.92. The van der Waals surface area contributed by atoms with E-state index in [4.69, 9.17) is 11.6 Å². The second-order valence-corrected chi connectivity index (χ2v) is 7.19. The van der Waals surface area contributed by atoms with E-state index in [0.29, 0.717) is 18.1 Å². The average molecular weight is 340 g/mol. The summed E-state index contributed by atoms with van der Waals surface area (Å²) in [5.41, 5.74) is 1.61. The second-order valence-electron chi connectivity index (χ2n) is 4.74. The summed E-state index contributed by atoms with van der Waals surface area (Å²) in [6.07, 6.45) is 2.32. The van der Waals surface area contributed by atoms with E-state index < -0.39 is 10.0 Å². The first-order valence-electron chi connectivity index (χ1n) is 6.93. The van der Waals surface area contributed by atoms with Crippen molar-refractivity contribution in [2.45, 2.75) is 13.3 Å². The fourth-order valence-corrected chi connectivity index (χ4v) is 2.68. The van der Waals surface area contributed by atoms with Gasteiger partial charge in [-0.2, -0.15) is 0 Å². The summed E-state index contributed by atoms with van der Waals surface area (Å²) in [5, 5.41) is 3.91. The van der Waals surface area contributed by atoms with E-state index in [1.165, 1.54) is 6.20 Å². The predicted octanol–water partition coefficient (Wildman–Crippen LogP) is 3.15. The normalized spacial score (nSPS) is 11.2. The maximum absolute atomic E-state index is 11.4. The second kappa shape index (κ2) is 7.47. The van der Waals surface area contributed by atoms with Crippen LogP contribution < -0.4 is 10.0 Å². The average Bonchev–Trinajstić information content (AvgIpc) is 2.49. The maximum Gasteiger partial charge on any atom is 0.232 e. The van der Waals surface area contributed by atoms with Crippen molar-refractivity contribution in [1.82, 2.24) is 4.98 Å². The molecule has 2 rings (SSSR count). The Kier molecular flexibility index (Phi) is 5.63. The molecule has 0 aliphatic heterocycles. The number of nitrogens with zero attached hydrogens (tertiary/aromatic N) is 1. The van der Waals surface area contributed by atoms with Crippen molar-refractivity contribution in [1.29, 1.82) is 0 Å². The van der Waals surface area contributed by atoms with E-state index in [1.54, 1.807) is 19.1 Å². The van der Waals surface area contributed by atoms with Crippen molar-refractivity contribution < 1.29 is 8.42 Å². The molecule has 2 aromatic rings. The third-order valence-corrected chi connectivity index (χ3v) is 4.57. The summed E-state index contributed by atoms with van der Waals surface area (Å²) >= 11 is 5.93. The summed E-state index contributed by atoms with van der Waals surface area (Å²) in [6.45, 7) is 2.30. The maximum atomic E-state index is 11.4. The minimum absolute atomic E-state index is 0.0344. The lowest BCUT2D eigenvalue weighted by Gasteiger charge is -2.08. The molecular weight excluding hydrogens is 322 g/mol. The molecule has 1 aromatic heterocycles. The molecule has 7 heteroatoms. The molecule has 1 heterocycles. The fraction of sp³-hybridized carbons (Fsp3) is 0.267. The molecule has 0 bridgehead atoms. The summed E-state index contributed by atoms with van der Waals surface area (Å²) in [6, 6.07) is 11.1. The molecule has 0 radical (unpaired) electrons. The van der Waals surface area contributed by atoms with Gasteiger partial charge in [0.1, 0.15) is 5.82 Å². The molecule has 0 aliphatic rings. The van der Waals surface area contributed by atoms with Crippen LogP contribution in [0.25, 0.3) is 0 Å². The fourth-order valence-electron chi connectivity index (χ4n) is 1.84. The minimum atomic E-state index is -3.27. The topological polar surface area (TPSA) is 71.1 Å². The number of aromatic nitrogens is 1. The Morgan fingerprint density at radius 2 is 2.05 bits per heavy atom. The highest BCUT2D eigenvalue weighted by atomic mass is 35.5. The Morgan fingerprint density at radius 1 is 1.23 bits per heavy atom. The summed E-state index contributed by atoms with van der Waals surface area (Å²) in [4.78, 5) is 4.18. The van der Waals surface area contributed by atoms with Gasteiger partial charge in [0, 0.05) is 11.6 Å². The van der Waals surface area contributed by atoms with Crippen LogP contribution in [0.2, 0.25) is 5.02 Å². The number of benzene rings is 1.